The number of fused-ring (bicyclic) bond motifs is 7. The number of aromatic nitrogens is 5. The Morgan fingerprint density at radius 2 is 1.23 bits per heavy atom. The van der Waals surface area contributed by atoms with Crippen LogP contribution in [0.3, 0.4) is 0 Å². The Hall–Kier alpha value is -3.21. The van der Waals surface area contributed by atoms with E-state index in [9.17, 15) is 0 Å². The summed E-state index contributed by atoms with van der Waals surface area (Å²) in [6.45, 7) is 3.32. The predicted octanol–water partition coefficient (Wildman–Crippen LogP) is 1.77. The van der Waals surface area contributed by atoms with Crippen LogP contribution in [0, 0.1) is 0 Å². The summed E-state index contributed by atoms with van der Waals surface area (Å²) >= 11 is 0. The van der Waals surface area contributed by atoms with Gasteiger partial charge in [0.1, 0.15) is 51.0 Å². The van der Waals surface area contributed by atoms with Crippen molar-refractivity contribution in [1.29, 1.82) is 0 Å². The van der Waals surface area contributed by atoms with Crippen LogP contribution >= 0.6 is 0 Å². The molecule has 1 aliphatic heterocycles. The van der Waals surface area contributed by atoms with Gasteiger partial charge in [-0.1, -0.05) is 30.3 Å². The van der Waals surface area contributed by atoms with E-state index in [1.807, 2.05) is 0 Å². The molecule has 26 heavy (non-hydrogen) atoms. The van der Waals surface area contributed by atoms with Gasteiger partial charge >= 0.3 is 0 Å². The van der Waals surface area contributed by atoms with Crippen LogP contribution in [0.5, 0.6) is 0 Å². The number of nitrogens with zero attached hydrogens (tertiary/aromatic N) is 5. The Kier molecular flexibility index (Phi) is 3.63. The lowest BCUT2D eigenvalue weighted by Gasteiger charge is -2.05. The summed E-state index contributed by atoms with van der Waals surface area (Å²) in [4.78, 5) is 4.83. The molecular formula is C21H21N5+2. The first-order valence-electron chi connectivity index (χ1n) is 8.93. The Balaban J connectivity index is 1.60. The van der Waals surface area contributed by atoms with Crippen LogP contribution in [-0.2, 0) is 26.2 Å². The lowest BCUT2D eigenvalue weighted by Crippen LogP contribution is -2.35. The van der Waals surface area contributed by atoms with Gasteiger partial charge in [0.15, 0.2) is 0 Å². The summed E-state index contributed by atoms with van der Waals surface area (Å²) < 4.78 is 8.85. The van der Waals surface area contributed by atoms with E-state index < -0.39 is 0 Å². The van der Waals surface area contributed by atoms with Crippen molar-refractivity contribution in [3.63, 3.8) is 0 Å². The molecule has 0 amide bonds. The Morgan fingerprint density at radius 1 is 0.692 bits per heavy atom. The van der Waals surface area contributed by atoms with E-state index in [2.05, 4.69) is 98.2 Å². The van der Waals surface area contributed by atoms with E-state index in [0.29, 0.717) is 0 Å². The molecule has 0 N–H and O–H groups in total. The molecule has 6 bridgehead atoms. The minimum Gasteiger partial charge on any atom is -0.250 e. The van der Waals surface area contributed by atoms with Crippen LogP contribution in [0.1, 0.15) is 22.5 Å². The molecule has 0 unspecified atom stereocenters. The van der Waals surface area contributed by atoms with Crippen LogP contribution < -0.4 is 9.13 Å². The molecule has 5 heteroatoms. The van der Waals surface area contributed by atoms with E-state index in [-0.39, 0.29) is 0 Å². The van der Waals surface area contributed by atoms with Gasteiger partial charge in [-0.15, -0.1) is 0 Å². The zero-order chi connectivity index (χ0) is 17.3. The smallest absolute Gasteiger partial charge is 0.244 e. The molecule has 1 aliphatic rings. The summed E-state index contributed by atoms with van der Waals surface area (Å²) in [5.41, 5.74) is 4.87. The summed E-state index contributed by atoms with van der Waals surface area (Å²) in [6.07, 6.45) is 12.8. The first-order chi connectivity index (χ1) is 12.8. The highest BCUT2D eigenvalue weighted by atomic mass is 15.1. The maximum absolute atomic E-state index is 4.83. The van der Waals surface area contributed by atoms with Crippen LogP contribution in [0.4, 0.5) is 0 Å². The van der Waals surface area contributed by atoms with Crippen molar-refractivity contribution in [3.8, 4) is 0 Å². The molecule has 0 fully saturated rings. The summed E-state index contributed by atoms with van der Waals surface area (Å²) in [5.74, 6) is 0. The van der Waals surface area contributed by atoms with E-state index in [0.717, 1.165) is 37.6 Å². The van der Waals surface area contributed by atoms with Gasteiger partial charge in [0.25, 0.3) is 0 Å². The van der Waals surface area contributed by atoms with Gasteiger partial charge in [0.2, 0.25) is 12.7 Å². The van der Waals surface area contributed by atoms with Crippen molar-refractivity contribution in [3.05, 3.63) is 102 Å². The van der Waals surface area contributed by atoms with E-state index >= 15 is 0 Å². The number of imidazole rings is 2. The number of rotatable bonds is 0. The predicted molar refractivity (Wildman–Crippen MR) is 96.3 cm³/mol. The van der Waals surface area contributed by atoms with Gasteiger partial charge < -0.3 is 0 Å². The SMILES string of the molecule is c1cc2nc(c1)Cn1cc[n+](c1)Cc1ccccc1C[n+]1ccn(c1)C2. The topological polar surface area (TPSA) is 30.5 Å². The van der Waals surface area contributed by atoms with Gasteiger partial charge in [-0.3, -0.25) is 0 Å². The monoisotopic (exact) mass is 343 g/mol. The van der Waals surface area contributed by atoms with Gasteiger partial charge in [0, 0.05) is 11.1 Å². The molecule has 4 aromatic rings. The standard InChI is InChI=1S/C21H21N5/c1-2-5-19-13-24-9-11-26(17-24)15-21-7-3-6-20(22-21)14-25-10-8-23(16-25)12-18(19)4-1/h1-11,16-17H,12-15H2/q+2. The molecule has 0 radical (unpaired) electrons. The maximum atomic E-state index is 4.83. The first kappa shape index (κ1) is 15.1. The number of hydrogen-bond acceptors (Lipinski definition) is 1. The highest BCUT2D eigenvalue weighted by Gasteiger charge is 2.13. The minimum absolute atomic E-state index is 0.786. The first-order valence-corrected chi connectivity index (χ1v) is 8.93. The third-order valence-corrected chi connectivity index (χ3v) is 4.87. The lowest BCUT2D eigenvalue weighted by molar-refractivity contribution is -0.693. The van der Waals surface area contributed by atoms with E-state index in [4.69, 9.17) is 4.98 Å². The fourth-order valence-electron chi connectivity index (χ4n) is 3.59. The average Bonchev–Trinajstić information content (AvgIpc) is 3.26. The second-order valence-electron chi connectivity index (χ2n) is 6.91. The largest absolute Gasteiger partial charge is 0.250 e. The molecule has 5 rings (SSSR count). The molecule has 3 aromatic heterocycles. The molecule has 1 aromatic carbocycles. The van der Waals surface area contributed by atoms with Crippen LogP contribution in [0.2, 0.25) is 0 Å². The van der Waals surface area contributed by atoms with E-state index in [1.54, 1.807) is 0 Å². The molecule has 128 valence electrons. The molecule has 0 atom stereocenters. The van der Waals surface area contributed by atoms with Crippen molar-refractivity contribution in [2.45, 2.75) is 26.2 Å². The number of benzene rings is 1. The average molecular weight is 343 g/mol. The second kappa shape index (κ2) is 6.26. The molecular weight excluding hydrogens is 322 g/mol. The summed E-state index contributed by atoms with van der Waals surface area (Å²) in [7, 11) is 0. The molecule has 0 saturated heterocycles. The highest BCUT2D eigenvalue weighted by molar-refractivity contribution is 5.25. The van der Waals surface area contributed by atoms with Crippen molar-refractivity contribution in [1.82, 2.24) is 14.1 Å². The normalized spacial score (nSPS) is 13.5. The van der Waals surface area contributed by atoms with Crippen molar-refractivity contribution < 1.29 is 9.13 Å². The molecule has 0 spiro atoms. The van der Waals surface area contributed by atoms with Gasteiger partial charge in [-0.2, -0.15) is 0 Å². The fourth-order valence-corrected chi connectivity index (χ4v) is 3.59. The van der Waals surface area contributed by atoms with Crippen LogP contribution in [0.15, 0.2) is 79.9 Å². The van der Waals surface area contributed by atoms with Crippen molar-refractivity contribution in [2.24, 2.45) is 0 Å². The van der Waals surface area contributed by atoms with E-state index in [1.165, 1.54) is 11.1 Å². The fraction of sp³-hybridized carbons (Fsp3) is 0.190. The van der Waals surface area contributed by atoms with Gasteiger partial charge in [-0.05, 0) is 12.1 Å². The zero-order valence-electron chi connectivity index (χ0n) is 14.6. The quantitative estimate of drug-likeness (QED) is 0.394. The Labute approximate surface area is 152 Å². The minimum atomic E-state index is 0.786. The Bertz CT molecular complexity index is 979. The van der Waals surface area contributed by atoms with Crippen molar-refractivity contribution in [2.75, 3.05) is 0 Å². The maximum Gasteiger partial charge on any atom is 0.244 e. The van der Waals surface area contributed by atoms with Crippen molar-refractivity contribution >= 4 is 0 Å². The van der Waals surface area contributed by atoms with Gasteiger partial charge in [0.05, 0.1) is 11.4 Å². The molecule has 0 aliphatic carbocycles. The summed E-state index contributed by atoms with van der Waals surface area (Å²) in [5, 5.41) is 0. The molecule has 4 heterocycles. The third kappa shape index (κ3) is 3.04. The number of hydrogen-bond donors (Lipinski definition) is 0. The van der Waals surface area contributed by atoms with Crippen LogP contribution in [0.25, 0.3) is 0 Å². The molecule has 0 saturated carbocycles. The van der Waals surface area contributed by atoms with Crippen LogP contribution in [-0.4, -0.2) is 14.1 Å². The third-order valence-electron chi connectivity index (χ3n) is 4.87. The second-order valence-corrected chi connectivity index (χ2v) is 6.91. The van der Waals surface area contributed by atoms with Gasteiger partial charge in [-0.25, -0.2) is 23.3 Å². The highest BCUT2D eigenvalue weighted by Crippen LogP contribution is 2.10. The zero-order valence-corrected chi connectivity index (χ0v) is 14.6. The Morgan fingerprint density at radius 3 is 1.77 bits per heavy atom. The lowest BCUT2D eigenvalue weighted by atomic mass is 10.1. The molecule has 5 nitrogen and oxygen atoms in total. The summed E-state index contributed by atoms with van der Waals surface area (Å²) in [6, 6.07) is 15.0. The number of pyridine rings is 1.